The summed E-state index contributed by atoms with van der Waals surface area (Å²) in [6.45, 7) is 5.78. The van der Waals surface area contributed by atoms with E-state index in [1.54, 1.807) is 17.7 Å². The Morgan fingerprint density at radius 3 is 2.72 bits per heavy atom. The minimum atomic E-state index is -0.365. The molecule has 3 N–H and O–H groups in total. The monoisotopic (exact) mass is 527 g/mol. The average molecular weight is 528 g/mol. The Balaban J connectivity index is 1.19. The fourth-order valence-electron chi connectivity index (χ4n) is 3.80. The predicted octanol–water partition coefficient (Wildman–Crippen LogP) is 3.45. The number of rotatable bonds is 7. The number of benzene rings is 1. The maximum absolute atomic E-state index is 12.6. The third-order valence-corrected chi connectivity index (χ3v) is 7.34. The average Bonchev–Trinajstić information content (AvgIpc) is 3.59. The Hall–Kier alpha value is -3.44. The van der Waals surface area contributed by atoms with E-state index in [0.29, 0.717) is 31.1 Å². The number of piperidine rings is 1. The van der Waals surface area contributed by atoms with Crippen LogP contribution in [0.4, 0.5) is 0 Å². The molecule has 190 valence electrons. The maximum Gasteiger partial charge on any atom is 0.289 e. The Kier molecular flexibility index (Phi) is 8.55. The van der Waals surface area contributed by atoms with Gasteiger partial charge in [-0.1, -0.05) is 6.07 Å². The molecule has 0 radical (unpaired) electrons. The van der Waals surface area contributed by atoms with E-state index in [9.17, 15) is 9.59 Å². The lowest BCUT2D eigenvalue weighted by Gasteiger charge is -2.31. The van der Waals surface area contributed by atoms with Crippen molar-refractivity contribution in [2.45, 2.75) is 39.2 Å². The van der Waals surface area contributed by atoms with Crippen molar-refractivity contribution in [3.05, 3.63) is 69.6 Å². The van der Waals surface area contributed by atoms with Crippen molar-refractivity contribution >= 4 is 40.5 Å². The van der Waals surface area contributed by atoms with E-state index >= 15 is 0 Å². The van der Waals surface area contributed by atoms with E-state index in [4.69, 9.17) is 21.4 Å². The maximum atomic E-state index is 12.6. The van der Waals surface area contributed by atoms with Gasteiger partial charge in [-0.2, -0.15) is 0 Å². The molecule has 2 aromatic heterocycles. The van der Waals surface area contributed by atoms with Crippen molar-refractivity contribution in [3.8, 4) is 5.75 Å². The van der Waals surface area contributed by atoms with Crippen LogP contribution in [0.5, 0.6) is 5.75 Å². The molecule has 0 unspecified atom stereocenters. The van der Waals surface area contributed by atoms with Crippen molar-refractivity contribution < 1.29 is 18.7 Å². The highest BCUT2D eigenvalue weighted by atomic mass is 32.1. The molecule has 0 saturated carbocycles. The van der Waals surface area contributed by atoms with Gasteiger partial charge in [0.15, 0.2) is 11.7 Å². The summed E-state index contributed by atoms with van der Waals surface area (Å²) in [7, 11) is 0. The molecule has 1 fully saturated rings. The number of likely N-dealkylation sites (tertiary alicyclic amines) is 1. The molecule has 36 heavy (non-hydrogen) atoms. The molecule has 0 aliphatic carbocycles. The standard InChI is InChI=1S/C25H29N5O4S2/c1-16-5-6-19(12-17(16)2)34-14-22(31)30-9-7-18(8-10-30)24-27-21(15-36-24)23(32)28-29-25(35)26-13-20-4-3-11-33-20/h3-6,11-12,15,18H,7-10,13-14H2,1-2H3,(H,28,32)(H2,26,29,35). The fraction of sp³-hybridized carbons (Fsp3) is 0.360. The summed E-state index contributed by atoms with van der Waals surface area (Å²) < 4.78 is 10.9. The predicted molar refractivity (Wildman–Crippen MR) is 141 cm³/mol. The highest BCUT2D eigenvalue weighted by Gasteiger charge is 2.26. The Bertz CT molecular complexity index is 1200. The molecule has 3 aromatic rings. The van der Waals surface area contributed by atoms with Crippen LogP contribution in [0.1, 0.15) is 51.1 Å². The number of carbonyl (C=O) groups is 2. The lowest BCUT2D eigenvalue weighted by molar-refractivity contribution is -0.134. The van der Waals surface area contributed by atoms with Crippen molar-refractivity contribution in [3.63, 3.8) is 0 Å². The Morgan fingerprint density at radius 1 is 1.19 bits per heavy atom. The van der Waals surface area contributed by atoms with Crippen molar-refractivity contribution in [2.75, 3.05) is 19.7 Å². The van der Waals surface area contributed by atoms with Gasteiger partial charge < -0.3 is 19.4 Å². The first-order valence-electron chi connectivity index (χ1n) is 11.7. The number of nitrogens with zero attached hydrogens (tertiary/aromatic N) is 2. The van der Waals surface area contributed by atoms with Crippen molar-refractivity contribution in [1.82, 2.24) is 26.1 Å². The molecule has 1 saturated heterocycles. The van der Waals surface area contributed by atoms with Crippen LogP contribution in [0.15, 0.2) is 46.4 Å². The summed E-state index contributed by atoms with van der Waals surface area (Å²) in [5.74, 6) is 1.27. The molecule has 0 atom stereocenters. The van der Waals surface area contributed by atoms with Gasteiger partial charge in [-0.25, -0.2) is 4.98 Å². The van der Waals surface area contributed by atoms with Gasteiger partial charge in [-0.15, -0.1) is 11.3 Å². The number of hydrogen-bond donors (Lipinski definition) is 3. The van der Waals surface area contributed by atoms with Crippen molar-refractivity contribution in [2.24, 2.45) is 0 Å². The van der Waals surface area contributed by atoms with Crippen LogP contribution in [-0.2, 0) is 11.3 Å². The number of hydrogen-bond acceptors (Lipinski definition) is 7. The third kappa shape index (κ3) is 6.82. The number of thiazole rings is 1. The van der Waals surface area contributed by atoms with Crippen LogP contribution in [0.25, 0.3) is 0 Å². The zero-order valence-electron chi connectivity index (χ0n) is 20.2. The zero-order chi connectivity index (χ0) is 25.5. The van der Waals surface area contributed by atoms with Gasteiger partial charge >= 0.3 is 0 Å². The van der Waals surface area contributed by atoms with E-state index in [-0.39, 0.29) is 29.5 Å². The first-order valence-corrected chi connectivity index (χ1v) is 13.0. The number of nitrogens with one attached hydrogen (secondary N) is 3. The molecule has 1 aromatic carbocycles. The topological polar surface area (TPSA) is 109 Å². The molecule has 1 aliphatic heterocycles. The second kappa shape index (κ2) is 12.0. The SMILES string of the molecule is Cc1ccc(OCC(=O)N2CCC(c3nc(C(=O)NNC(=S)NCc4ccco4)cs3)CC2)cc1C. The number of carbonyl (C=O) groups excluding carboxylic acids is 2. The van der Waals surface area contributed by atoms with E-state index in [1.807, 2.05) is 43.0 Å². The lowest BCUT2D eigenvalue weighted by Crippen LogP contribution is -2.46. The van der Waals surface area contributed by atoms with Crippen LogP contribution in [0.3, 0.4) is 0 Å². The summed E-state index contributed by atoms with van der Waals surface area (Å²) in [6, 6.07) is 9.45. The first kappa shape index (κ1) is 25.6. The van der Waals surface area contributed by atoms with E-state index in [2.05, 4.69) is 21.2 Å². The van der Waals surface area contributed by atoms with Gasteiger partial charge in [0.1, 0.15) is 17.2 Å². The second-order valence-electron chi connectivity index (χ2n) is 8.60. The summed E-state index contributed by atoms with van der Waals surface area (Å²) in [5, 5.41) is 5.85. The molecule has 0 bridgehead atoms. The van der Waals surface area contributed by atoms with E-state index < -0.39 is 0 Å². The molecule has 1 aliphatic rings. The number of aromatic nitrogens is 1. The normalized spacial score (nSPS) is 13.8. The molecule has 11 heteroatoms. The summed E-state index contributed by atoms with van der Waals surface area (Å²) in [6.07, 6.45) is 3.17. The second-order valence-corrected chi connectivity index (χ2v) is 9.90. The van der Waals surface area contributed by atoms with E-state index in [0.717, 1.165) is 29.2 Å². The largest absolute Gasteiger partial charge is 0.484 e. The van der Waals surface area contributed by atoms with Crippen LogP contribution in [0, 0.1) is 13.8 Å². The lowest BCUT2D eigenvalue weighted by atomic mass is 9.97. The molecule has 9 nitrogen and oxygen atoms in total. The van der Waals surface area contributed by atoms with Gasteiger partial charge in [-0.3, -0.25) is 20.4 Å². The number of amides is 2. The number of furan rings is 1. The van der Waals surface area contributed by atoms with E-state index in [1.165, 1.54) is 16.9 Å². The third-order valence-electron chi connectivity index (χ3n) is 6.09. The molecular formula is C25H29N5O4S2. The quantitative estimate of drug-likeness (QED) is 0.317. The summed E-state index contributed by atoms with van der Waals surface area (Å²) >= 11 is 6.61. The first-order chi connectivity index (χ1) is 17.4. The van der Waals surface area contributed by atoms with Crippen molar-refractivity contribution in [1.29, 1.82) is 0 Å². The minimum Gasteiger partial charge on any atom is -0.484 e. The van der Waals surface area contributed by atoms with Gasteiger partial charge in [0.05, 0.1) is 17.8 Å². The summed E-state index contributed by atoms with van der Waals surface area (Å²) in [4.78, 5) is 31.4. The molecule has 0 spiro atoms. The van der Waals surface area contributed by atoms with Gasteiger partial charge in [-0.05, 0) is 74.3 Å². The van der Waals surface area contributed by atoms with Gasteiger partial charge in [0.2, 0.25) is 0 Å². The number of thiocarbonyl (C=S) groups is 1. The van der Waals surface area contributed by atoms with Crippen LogP contribution in [0.2, 0.25) is 0 Å². The van der Waals surface area contributed by atoms with Crippen LogP contribution >= 0.6 is 23.6 Å². The highest BCUT2D eigenvalue weighted by Crippen LogP contribution is 2.30. The van der Waals surface area contributed by atoms with Crippen LogP contribution in [-0.4, -0.2) is 46.5 Å². The minimum absolute atomic E-state index is 0.0198. The summed E-state index contributed by atoms with van der Waals surface area (Å²) in [5.41, 5.74) is 7.88. The van der Waals surface area contributed by atoms with Gasteiger partial charge in [0, 0.05) is 24.4 Å². The zero-order valence-corrected chi connectivity index (χ0v) is 21.8. The number of ether oxygens (including phenoxy) is 1. The van der Waals surface area contributed by atoms with Crippen LogP contribution < -0.4 is 20.9 Å². The molecule has 2 amide bonds. The fourth-order valence-corrected chi connectivity index (χ4v) is 4.89. The highest BCUT2D eigenvalue weighted by molar-refractivity contribution is 7.80. The smallest absolute Gasteiger partial charge is 0.289 e. The van der Waals surface area contributed by atoms with Gasteiger partial charge in [0.25, 0.3) is 11.8 Å². The Morgan fingerprint density at radius 2 is 2.00 bits per heavy atom. The number of aryl methyl sites for hydroxylation is 2. The molecule has 4 rings (SSSR count). The number of hydrazine groups is 1. The Labute approximate surface area is 219 Å². The molecule has 3 heterocycles. The molecular weight excluding hydrogens is 498 g/mol.